The Morgan fingerprint density at radius 3 is 2.46 bits per heavy atom. The third-order valence-corrected chi connectivity index (χ3v) is 4.20. The van der Waals surface area contributed by atoms with Gasteiger partial charge in [0.25, 0.3) is 0 Å². The molecule has 0 spiro atoms. The third kappa shape index (κ3) is 4.18. The summed E-state index contributed by atoms with van der Waals surface area (Å²) in [5, 5.41) is 1.74. The summed E-state index contributed by atoms with van der Waals surface area (Å²) in [5.41, 5.74) is 1.76. The normalized spacial score (nSPS) is 10.2. The van der Waals surface area contributed by atoms with Gasteiger partial charge in [-0.2, -0.15) is 4.98 Å². The summed E-state index contributed by atoms with van der Waals surface area (Å²) in [6.45, 7) is 6.82. The van der Waals surface area contributed by atoms with Crippen molar-refractivity contribution in [2.24, 2.45) is 0 Å². The van der Waals surface area contributed by atoms with Crippen LogP contribution in [0.1, 0.15) is 20.8 Å². The lowest BCUT2D eigenvalue weighted by Gasteiger charge is -2.23. The molecule has 0 fully saturated rings. The molecule has 0 amide bonds. The minimum Gasteiger partial charge on any atom is -0.326 e. The van der Waals surface area contributed by atoms with Gasteiger partial charge in [-0.3, -0.25) is 0 Å². The van der Waals surface area contributed by atoms with Gasteiger partial charge >= 0.3 is 0 Å². The van der Waals surface area contributed by atoms with Gasteiger partial charge in [-0.1, -0.05) is 47.4 Å². The van der Waals surface area contributed by atoms with E-state index < -0.39 is 0 Å². The van der Waals surface area contributed by atoms with Crippen LogP contribution < -0.4 is 4.90 Å². The van der Waals surface area contributed by atoms with Gasteiger partial charge < -0.3 is 4.90 Å². The summed E-state index contributed by atoms with van der Waals surface area (Å²) in [6.07, 6.45) is 0. The Kier molecular flexibility index (Phi) is 6.84. The number of anilines is 2. The second-order valence-corrected chi connectivity index (χ2v) is 6.39. The number of rotatable bonds is 3. The van der Waals surface area contributed by atoms with Gasteiger partial charge in [-0.25, -0.2) is 4.98 Å². The summed E-state index contributed by atoms with van der Waals surface area (Å²) in [5.74, 6) is 0.771. The molecule has 0 aliphatic heterocycles. The van der Waals surface area contributed by atoms with Crippen LogP contribution in [0.3, 0.4) is 0 Å². The van der Waals surface area contributed by atoms with Gasteiger partial charge in [-0.15, -0.1) is 0 Å². The fourth-order valence-electron chi connectivity index (χ4n) is 2.36. The average molecular weight is 427 g/mol. The minimum atomic E-state index is 0.207. The first-order chi connectivity index (χ1) is 11.6. The summed E-state index contributed by atoms with van der Waals surface area (Å²) in [7, 11) is 0. The molecule has 1 heterocycles. The smallest absolute Gasteiger partial charge is 0.224 e. The number of benzene rings is 2. The van der Waals surface area contributed by atoms with E-state index in [1.165, 1.54) is 0 Å². The lowest BCUT2D eigenvalue weighted by atomic mass is 10.2. The van der Waals surface area contributed by atoms with Gasteiger partial charge in [0.15, 0.2) is 0 Å². The highest BCUT2D eigenvalue weighted by molar-refractivity contribution is 9.10. The molecular weight excluding hydrogens is 409 g/mol. The Hall–Kier alpha value is -1.36. The van der Waals surface area contributed by atoms with Gasteiger partial charge in [0.1, 0.15) is 5.82 Å². The molecule has 0 N–H and O–H groups in total. The van der Waals surface area contributed by atoms with Crippen LogP contribution in [-0.2, 0) is 0 Å². The molecule has 3 rings (SSSR count). The Balaban J connectivity index is 0.00000100. The number of hydrogen-bond donors (Lipinski definition) is 0. The number of nitrogens with zero attached hydrogens (tertiary/aromatic N) is 3. The monoisotopic (exact) mass is 425 g/mol. The molecule has 0 saturated heterocycles. The summed E-state index contributed by atoms with van der Waals surface area (Å²) in [6, 6.07) is 13.6. The maximum absolute atomic E-state index is 6.09. The predicted molar refractivity (Wildman–Crippen MR) is 108 cm³/mol. The maximum Gasteiger partial charge on any atom is 0.224 e. The molecule has 6 heteroatoms. The van der Waals surface area contributed by atoms with E-state index in [1.807, 2.05) is 50.2 Å². The van der Waals surface area contributed by atoms with Crippen LogP contribution in [0, 0.1) is 0 Å². The van der Waals surface area contributed by atoms with Gasteiger partial charge in [0.2, 0.25) is 5.28 Å². The zero-order chi connectivity index (χ0) is 17.7. The Morgan fingerprint density at radius 1 is 1.04 bits per heavy atom. The number of hydrogen-bond acceptors (Lipinski definition) is 3. The van der Waals surface area contributed by atoms with Crippen LogP contribution in [0.5, 0.6) is 0 Å². The Morgan fingerprint density at radius 2 is 1.79 bits per heavy atom. The van der Waals surface area contributed by atoms with Crippen LogP contribution in [0.2, 0.25) is 10.3 Å². The number of aromatic nitrogens is 2. The number of halogens is 3. The van der Waals surface area contributed by atoms with Crippen molar-refractivity contribution in [3.8, 4) is 0 Å². The van der Waals surface area contributed by atoms with E-state index in [0.29, 0.717) is 5.02 Å². The van der Waals surface area contributed by atoms with Crippen LogP contribution in [0.15, 0.2) is 46.9 Å². The van der Waals surface area contributed by atoms with Crippen LogP contribution >= 0.6 is 39.1 Å². The van der Waals surface area contributed by atoms with E-state index in [2.05, 4.69) is 37.7 Å². The van der Waals surface area contributed by atoms with Gasteiger partial charge in [0, 0.05) is 27.1 Å². The van der Waals surface area contributed by atoms with E-state index in [4.69, 9.17) is 23.2 Å². The van der Waals surface area contributed by atoms with Crippen molar-refractivity contribution in [2.45, 2.75) is 20.8 Å². The molecule has 0 aliphatic rings. The van der Waals surface area contributed by atoms with Crippen molar-refractivity contribution >= 4 is 61.5 Å². The molecule has 0 atom stereocenters. The Labute approximate surface area is 160 Å². The van der Waals surface area contributed by atoms with Gasteiger partial charge in [-0.05, 0) is 54.9 Å². The first-order valence-electron chi connectivity index (χ1n) is 7.74. The molecule has 126 valence electrons. The molecule has 2 aromatic carbocycles. The molecule has 0 aliphatic carbocycles. The van der Waals surface area contributed by atoms with E-state index in [9.17, 15) is 0 Å². The fraction of sp³-hybridized carbons (Fsp3) is 0.222. The highest BCUT2D eigenvalue weighted by Crippen LogP contribution is 2.33. The van der Waals surface area contributed by atoms with E-state index in [0.717, 1.165) is 33.4 Å². The minimum absolute atomic E-state index is 0.207. The van der Waals surface area contributed by atoms with E-state index in [1.54, 1.807) is 6.07 Å². The van der Waals surface area contributed by atoms with Crippen molar-refractivity contribution in [3.63, 3.8) is 0 Å². The summed E-state index contributed by atoms with van der Waals surface area (Å²) < 4.78 is 1.01. The zero-order valence-electron chi connectivity index (χ0n) is 13.7. The average Bonchev–Trinajstić information content (AvgIpc) is 2.57. The van der Waals surface area contributed by atoms with Crippen molar-refractivity contribution in [1.82, 2.24) is 9.97 Å². The first kappa shape index (κ1) is 19.0. The lowest BCUT2D eigenvalue weighted by Crippen LogP contribution is -2.18. The molecule has 0 saturated carbocycles. The van der Waals surface area contributed by atoms with Gasteiger partial charge in [0.05, 0.1) is 5.52 Å². The molecule has 24 heavy (non-hydrogen) atoms. The van der Waals surface area contributed by atoms with Crippen molar-refractivity contribution in [1.29, 1.82) is 0 Å². The first-order valence-corrected chi connectivity index (χ1v) is 9.29. The van der Waals surface area contributed by atoms with Crippen LogP contribution in [0.4, 0.5) is 11.5 Å². The molecule has 0 bridgehead atoms. The van der Waals surface area contributed by atoms with E-state index in [-0.39, 0.29) is 5.28 Å². The number of fused-ring (bicyclic) bond motifs is 1. The maximum atomic E-state index is 6.09. The van der Waals surface area contributed by atoms with E-state index >= 15 is 0 Å². The second-order valence-electron chi connectivity index (χ2n) is 4.70. The Bertz CT molecular complexity index is 834. The van der Waals surface area contributed by atoms with Crippen LogP contribution in [-0.4, -0.2) is 16.5 Å². The standard InChI is InChI=1S/C16H12BrCl2N3.C2H6/c1-2-22(12-5-3-4-10(17)8-12)15-13-7-6-11(18)9-14(13)20-16(19)21-15;1-2/h3-9H,2H2,1H3;1-2H3. The quantitative estimate of drug-likeness (QED) is 0.427. The summed E-state index contributed by atoms with van der Waals surface area (Å²) >= 11 is 15.6. The van der Waals surface area contributed by atoms with Crippen molar-refractivity contribution in [2.75, 3.05) is 11.4 Å². The fourth-order valence-corrected chi connectivity index (χ4v) is 3.09. The van der Waals surface area contributed by atoms with Crippen molar-refractivity contribution in [3.05, 3.63) is 57.2 Å². The lowest BCUT2D eigenvalue weighted by molar-refractivity contribution is 0.989. The SMILES string of the molecule is CC.CCN(c1cccc(Br)c1)c1nc(Cl)nc2cc(Cl)ccc12. The molecule has 1 aromatic heterocycles. The van der Waals surface area contributed by atoms with Crippen molar-refractivity contribution < 1.29 is 0 Å². The molecule has 3 nitrogen and oxygen atoms in total. The highest BCUT2D eigenvalue weighted by atomic mass is 79.9. The molecule has 0 unspecified atom stereocenters. The molecular formula is C18H18BrCl2N3. The largest absolute Gasteiger partial charge is 0.326 e. The molecule has 0 radical (unpaired) electrons. The highest BCUT2D eigenvalue weighted by Gasteiger charge is 2.15. The predicted octanol–water partition coefficient (Wildman–Crippen LogP) is 6.88. The van der Waals surface area contributed by atoms with Crippen LogP contribution in [0.25, 0.3) is 10.9 Å². The zero-order valence-corrected chi connectivity index (χ0v) is 16.8. The second kappa shape index (κ2) is 8.65. The topological polar surface area (TPSA) is 29.0 Å². The summed E-state index contributed by atoms with van der Waals surface area (Å²) in [4.78, 5) is 10.8. The third-order valence-electron chi connectivity index (χ3n) is 3.30. The molecule has 3 aromatic rings.